The molecule has 0 aromatic carbocycles. The number of carbonyl (C=O) groups excluding carboxylic acids is 2. The Bertz CT molecular complexity index is 790. The summed E-state index contributed by atoms with van der Waals surface area (Å²) in [4.78, 5) is 41.9. The minimum atomic E-state index is -0.507. The normalized spacial score (nSPS) is 27.1. The van der Waals surface area contributed by atoms with Gasteiger partial charge in [0.05, 0.1) is 18.6 Å². The van der Waals surface area contributed by atoms with Crippen LogP contribution in [0.4, 0.5) is 5.95 Å². The summed E-state index contributed by atoms with van der Waals surface area (Å²) >= 11 is 0. The van der Waals surface area contributed by atoms with Gasteiger partial charge < -0.3 is 19.4 Å². The largest absolute Gasteiger partial charge is 0.378 e. The number of fused-ring (bicyclic) bond motifs is 1. The summed E-state index contributed by atoms with van der Waals surface area (Å²) < 4.78 is 5.48. The fraction of sp³-hybridized carbons (Fsp3) is 0.739. The Labute approximate surface area is 185 Å². The molecule has 8 nitrogen and oxygen atoms in total. The van der Waals surface area contributed by atoms with Crippen LogP contribution in [0.25, 0.3) is 0 Å². The maximum absolute atomic E-state index is 13.9. The Kier molecular flexibility index (Phi) is 6.19. The lowest BCUT2D eigenvalue weighted by Crippen LogP contribution is -2.53. The molecule has 0 unspecified atom stereocenters. The van der Waals surface area contributed by atoms with Crippen molar-refractivity contribution in [2.45, 2.75) is 40.0 Å². The van der Waals surface area contributed by atoms with Crippen LogP contribution in [0.2, 0.25) is 0 Å². The lowest BCUT2D eigenvalue weighted by atomic mass is 9.73. The van der Waals surface area contributed by atoms with Crippen molar-refractivity contribution in [3.8, 4) is 0 Å². The second-order valence-electron chi connectivity index (χ2n) is 10.4. The topological polar surface area (TPSA) is 78.9 Å². The van der Waals surface area contributed by atoms with Gasteiger partial charge in [0.15, 0.2) is 0 Å². The highest BCUT2D eigenvalue weighted by Gasteiger charge is 2.55. The van der Waals surface area contributed by atoms with E-state index in [-0.39, 0.29) is 23.1 Å². The molecule has 2 amide bonds. The van der Waals surface area contributed by atoms with Gasteiger partial charge in [-0.25, -0.2) is 9.97 Å². The van der Waals surface area contributed by atoms with Gasteiger partial charge in [-0.1, -0.05) is 20.8 Å². The van der Waals surface area contributed by atoms with Gasteiger partial charge in [0.25, 0.3) is 0 Å². The second-order valence-corrected chi connectivity index (χ2v) is 10.4. The number of nitrogens with zero attached hydrogens (tertiary/aromatic N) is 5. The van der Waals surface area contributed by atoms with E-state index in [1.807, 2.05) is 9.80 Å². The molecule has 3 aliphatic heterocycles. The Morgan fingerprint density at radius 3 is 2.48 bits per heavy atom. The third-order valence-corrected chi connectivity index (χ3v) is 6.78. The lowest BCUT2D eigenvalue weighted by molar-refractivity contribution is -0.148. The van der Waals surface area contributed by atoms with Gasteiger partial charge in [0, 0.05) is 64.0 Å². The van der Waals surface area contributed by atoms with E-state index in [0.717, 1.165) is 19.4 Å². The van der Waals surface area contributed by atoms with Crippen LogP contribution in [0, 0.1) is 16.7 Å². The highest BCUT2D eigenvalue weighted by Crippen LogP contribution is 2.45. The summed E-state index contributed by atoms with van der Waals surface area (Å²) in [6, 6.07) is 1.80. The molecule has 1 aromatic rings. The van der Waals surface area contributed by atoms with Crippen molar-refractivity contribution in [2.75, 3.05) is 57.4 Å². The average Bonchev–Trinajstić information content (AvgIpc) is 3.02. The van der Waals surface area contributed by atoms with Crippen molar-refractivity contribution >= 4 is 17.8 Å². The Hall–Kier alpha value is -2.22. The first-order valence-corrected chi connectivity index (χ1v) is 11.5. The molecule has 4 rings (SSSR count). The molecule has 0 spiro atoms. The van der Waals surface area contributed by atoms with E-state index >= 15 is 0 Å². The summed E-state index contributed by atoms with van der Waals surface area (Å²) in [7, 11) is 0. The van der Waals surface area contributed by atoms with Gasteiger partial charge in [-0.2, -0.15) is 0 Å². The van der Waals surface area contributed by atoms with Crippen LogP contribution in [-0.4, -0.2) is 84.1 Å². The third-order valence-electron chi connectivity index (χ3n) is 6.78. The number of hydrogen-bond acceptors (Lipinski definition) is 6. The van der Waals surface area contributed by atoms with E-state index in [1.54, 1.807) is 18.5 Å². The number of aromatic nitrogens is 2. The molecule has 0 N–H and O–H groups in total. The van der Waals surface area contributed by atoms with Gasteiger partial charge in [-0.05, 0) is 24.3 Å². The van der Waals surface area contributed by atoms with Crippen molar-refractivity contribution in [2.24, 2.45) is 16.7 Å². The zero-order valence-electron chi connectivity index (χ0n) is 19.0. The van der Waals surface area contributed by atoms with Crippen LogP contribution in [0.3, 0.4) is 0 Å². The zero-order valence-corrected chi connectivity index (χ0v) is 19.0. The SMILES string of the molecule is CC(C)(C)CC(=O)N1CCC[C@]2(C(=O)N3CCOCC3)CN(c3ncccn3)C[C@@H]2C1. The molecule has 2 atom stereocenters. The van der Waals surface area contributed by atoms with Gasteiger partial charge in [0.1, 0.15) is 0 Å². The molecule has 3 aliphatic rings. The first-order valence-electron chi connectivity index (χ1n) is 11.5. The molecule has 0 bridgehead atoms. The first kappa shape index (κ1) is 22.0. The lowest BCUT2D eigenvalue weighted by Gasteiger charge is -2.38. The molecule has 3 fully saturated rings. The number of hydrogen-bond donors (Lipinski definition) is 0. The molecule has 1 aromatic heterocycles. The zero-order chi connectivity index (χ0) is 22.1. The van der Waals surface area contributed by atoms with Crippen LogP contribution < -0.4 is 4.90 Å². The molecule has 0 aliphatic carbocycles. The van der Waals surface area contributed by atoms with Gasteiger partial charge in [-0.15, -0.1) is 0 Å². The van der Waals surface area contributed by atoms with Gasteiger partial charge in [0.2, 0.25) is 17.8 Å². The van der Waals surface area contributed by atoms with Crippen molar-refractivity contribution < 1.29 is 14.3 Å². The molecule has 8 heteroatoms. The first-order chi connectivity index (χ1) is 14.8. The van der Waals surface area contributed by atoms with E-state index in [2.05, 4.69) is 35.6 Å². The standard InChI is InChI=1S/C23H35N5O3/c1-22(2,3)14-19(29)27-9-4-6-23(20(30)26-10-12-31-13-11-26)17-28(16-18(23)15-27)21-24-7-5-8-25-21/h5,7-8,18H,4,6,9-17H2,1-3H3/t18-,23-/m0/s1. The Morgan fingerprint density at radius 2 is 1.81 bits per heavy atom. The maximum Gasteiger partial charge on any atom is 0.231 e. The number of anilines is 1. The molecule has 170 valence electrons. The van der Waals surface area contributed by atoms with Gasteiger partial charge >= 0.3 is 0 Å². The van der Waals surface area contributed by atoms with Crippen molar-refractivity contribution in [3.05, 3.63) is 18.5 Å². The molecular formula is C23H35N5O3. The van der Waals surface area contributed by atoms with Crippen LogP contribution in [0.1, 0.15) is 40.0 Å². The van der Waals surface area contributed by atoms with Crippen LogP contribution >= 0.6 is 0 Å². The van der Waals surface area contributed by atoms with Gasteiger partial charge in [-0.3, -0.25) is 9.59 Å². The minimum absolute atomic E-state index is 0.0519. The summed E-state index contributed by atoms with van der Waals surface area (Å²) in [5.41, 5.74) is -0.559. The maximum atomic E-state index is 13.9. The summed E-state index contributed by atoms with van der Waals surface area (Å²) in [5.74, 6) is 1.14. The molecule has 4 heterocycles. The number of ether oxygens (including phenoxy) is 1. The number of rotatable bonds is 3. The van der Waals surface area contributed by atoms with E-state index in [9.17, 15) is 9.59 Å². The van der Waals surface area contributed by atoms with Crippen molar-refractivity contribution in [3.63, 3.8) is 0 Å². The molecule has 0 saturated carbocycles. The fourth-order valence-electron chi connectivity index (χ4n) is 5.26. The van der Waals surface area contributed by atoms with E-state index in [4.69, 9.17) is 4.74 Å². The predicted molar refractivity (Wildman–Crippen MR) is 117 cm³/mol. The third kappa shape index (κ3) is 4.68. The summed E-state index contributed by atoms with van der Waals surface area (Å²) in [5, 5.41) is 0. The molecule has 3 saturated heterocycles. The highest BCUT2D eigenvalue weighted by atomic mass is 16.5. The predicted octanol–water partition coefficient (Wildman–Crippen LogP) is 1.82. The number of likely N-dealkylation sites (tertiary alicyclic amines) is 1. The monoisotopic (exact) mass is 429 g/mol. The number of morpholine rings is 1. The van der Waals surface area contributed by atoms with E-state index in [1.165, 1.54) is 0 Å². The van der Waals surface area contributed by atoms with Crippen LogP contribution in [0.15, 0.2) is 18.5 Å². The minimum Gasteiger partial charge on any atom is -0.378 e. The van der Waals surface area contributed by atoms with Crippen molar-refractivity contribution in [1.29, 1.82) is 0 Å². The molecule has 31 heavy (non-hydrogen) atoms. The van der Waals surface area contributed by atoms with Crippen LogP contribution in [0.5, 0.6) is 0 Å². The fourth-order valence-corrected chi connectivity index (χ4v) is 5.26. The molecular weight excluding hydrogens is 394 g/mol. The quantitative estimate of drug-likeness (QED) is 0.729. The smallest absolute Gasteiger partial charge is 0.231 e. The van der Waals surface area contributed by atoms with Crippen LogP contribution in [-0.2, 0) is 14.3 Å². The second kappa shape index (κ2) is 8.73. The van der Waals surface area contributed by atoms with E-state index in [0.29, 0.717) is 58.3 Å². The Balaban J connectivity index is 1.61. The van der Waals surface area contributed by atoms with E-state index < -0.39 is 5.41 Å². The number of amides is 2. The van der Waals surface area contributed by atoms with Crippen molar-refractivity contribution in [1.82, 2.24) is 19.8 Å². The summed E-state index contributed by atoms with van der Waals surface area (Å²) in [6.45, 7) is 11.4. The number of carbonyl (C=O) groups is 2. The summed E-state index contributed by atoms with van der Waals surface area (Å²) in [6.07, 6.45) is 5.64. The molecule has 0 radical (unpaired) electrons. The highest BCUT2D eigenvalue weighted by molar-refractivity contribution is 5.85. The Morgan fingerprint density at radius 1 is 1.10 bits per heavy atom. The average molecular weight is 430 g/mol.